The molecule has 12 nitrogen and oxygen atoms in total. The van der Waals surface area contributed by atoms with E-state index in [-0.39, 0.29) is 10.6 Å². The van der Waals surface area contributed by atoms with Gasteiger partial charge in [-0.25, -0.2) is 12.9 Å². The molecule has 2 N–H and O–H groups in total. The summed E-state index contributed by atoms with van der Waals surface area (Å²) in [6, 6.07) is 5.29. The Kier molecular flexibility index (Phi) is 7.26. The van der Waals surface area contributed by atoms with E-state index in [1.54, 1.807) is 28.9 Å². The molecule has 3 heterocycles. The van der Waals surface area contributed by atoms with Gasteiger partial charge in [0.1, 0.15) is 5.52 Å². The summed E-state index contributed by atoms with van der Waals surface area (Å²) in [5.41, 5.74) is 0.557. The molecule has 28 heavy (non-hydrogen) atoms. The van der Waals surface area contributed by atoms with E-state index in [1.165, 1.54) is 0 Å². The quantitative estimate of drug-likeness (QED) is 0.214. The molecule has 156 valence electrons. The maximum absolute atomic E-state index is 11.3. The van der Waals surface area contributed by atoms with Crippen molar-refractivity contribution in [2.75, 3.05) is 58.7 Å². The number of likely N-dealkylation sites (N-methyl/N-ethyl adjacent to an activating group) is 1. The first-order valence-corrected chi connectivity index (χ1v) is 9.90. The number of quaternary nitrogens is 1. The van der Waals surface area contributed by atoms with Crippen molar-refractivity contribution in [2.24, 2.45) is 0 Å². The summed E-state index contributed by atoms with van der Waals surface area (Å²) in [7, 11) is -1.38. The summed E-state index contributed by atoms with van der Waals surface area (Å²) < 4.78 is 33.5. The lowest BCUT2D eigenvalue weighted by Crippen LogP contribution is -2.57. The molecule has 0 unspecified atom stereocenters. The van der Waals surface area contributed by atoms with Crippen molar-refractivity contribution in [3.05, 3.63) is 34.5 Å². The van der Waals surface area contributed by atoms with Gasteiger partial charge in [-0.15, -0.1) is 5.10 Å². The minimum absolute atomic E-state index is 0.0450. The number of aromatic nitrogens is 2. The van der Waals surface area contributed by atoms with Crippen molar-refractivity contribution in [1.29, 1.82) is 0 Å². The molecule has 2 aromatic heterocycles. The number of nitrogens with one attached hydrogen (secondary N) is 2. The van der Waals surface area contributed by atoms with Crippen LogP contribution in [0, 0.1) is 10.1 Å². The van der Waals surface area contributed by atoms with Crippen LogP contribution in [-0.2, 0) is 14.6 Å². The molecule has 0 bridgehead atoms. The van der Waals surface area contributed by atoms with Crippen LogP contribution in [0.1, 0.15) is 0 Å². The fourth-order valence-corrected chi connectivity index (χ4v) is 2.89. The summed E-state index contributed by atoms with van der Waals surface area (Å²) >= 11 is 0. The van der Waals surface area contributed by atoms with Gasteiger partial charge in [-0.2, -0.15) is 0 Å². The molecule has 13 heteroatoms. The second-order valence-electron chi connectivity index (χ2n) is 6.53. The number of nitrogens with zero attached hydrogens (tertiary/aromatic N) is 4. The molecule has 0 amide bonds. The van der Waals surface area contributed by atoms with E-state index < -0.39 is 10.4 Å². The molecule has 0 spiro atoms. The van der Waals surface area contributed by atoms with E-state index in [2.05, 4.69) is 27.0 Å². The summed E-state index contributed by atoms with van der Waals surface area (Å²) in [6.07, 6.45) is 1.72. The molecule has 0 atom stereocenters. The molecule has 1 saturated heterocycles. The van der Waals surface area contributed by atoms with E-state index in [0.717, 1.165) is 44.3 Å². The van der Waals surface area contributed by atoms with Gasteiger partial charge in [0.25, 0.3) is 0 Å². The molecule has 0 radical (unpaired) electrons. The number of fused-ring (bicyclic) bond motifs is 1. The molecule has 2 aromatic rings. The van der Waals surface area contributed by atoms with E-state index in [1.807, 2.05) is 0 Å². The maximum atomic E-state index is 11.3. The number of hydrogen-bond acceptors (Lipinski definition) is 9. The summed E-state index contributed by atoms with van der Waals surface area (Å²) in [4.78, 5) is 11.0. The predicted octanol–water partition coefficient (Wildman–Crippen LogP) is -0.203. The number of piperazine rings is 1. The first-order valence-electron chi connectivity index (χ1n) is 8.56. The Balaban J connectivity index is 0.000000409. The van der Waals surface area contributed by atoms with Gasteiger partial charge < -0.3 is 19.7 Å². The van der Waals surface area contributed by atoms with Gasteiger partial charge >= 0.3 is 5.69 Å². The van der Waals surface area contributed by atoms with Crippen molar-refractivity contribution >= 4 is 27.4 Å². The van der Waals surface area contributed by atoms with Gasteiger partial charge in [0.15, 0.2) is 0 Å². The van der Waals surface area contributed by atoms with Crippen LogP contribution in [0.5, 0.6) is 0 Å². The fraction of sp³-hybridized carbons (Fsp3) is 0.533. The Morgan fingerprint density at radius 3 is 2.61 bits per heavy atom. The minimum atomic E-state index is -4.41. The Hall–Kier alpha value is -2.32. The van der Waals surface area contributed by atoms with Gasteiger partial charge in [0, 0.05) is 19.3 Å². The first-order chi connectivity index (χ1) is 13.2. The Morgan fingerprint density at radius 1 is 1.39 bits per heavy atom. The van der Waals surface area contributed by atoms with Gasteiger partial charge in [-0.05, 0) is 12.1 Å². The zero-order valence-corrected chi connectivity index (χ0v) is 16.5. The molecule has 0 aromatic carbocycles. The SMILES string of the molecule is COS(=O)(=O)[O-].C[N+]1(CCNc2nn3ccccc3c2[N+](=O)[O-])CCNCC1. The second-order valence-corrected chi connectivity index (χ2v) is 7.68. The Labute approximate surface area is 162 Å². The zero-order valence-electron chi connectivity index (χ0n) is 15.7. The lowest BCUT2D eigenvalue weighted by atomic mass is 10.3. The maximum Gasteiger partial charge on any atom is 0.338 e. The van der Waals surface area contributed by atoms with Crippen LogP contribution < -0.4 is 10.6 Å². The lowest BCUT2D eigenvalue weighted by molar-refractivity contribution is -0.909. The van der Waals surface area contributed by atoms with E-state index in [4.69, 9.17) is 0 Å². The van der Waals surface area contributed by atoms with Crippen molar-refractivity contribution < 1.29 is 26.6 Å². The molecule has 1 fully saturated rings. The number of pyridine rings is 1. The van der Waals surface area contributed by atoms with Crippen molar-refractivity contribution in [2.45, 2.75) is 0 Å². The monoisotopic (exact) mass is 416 g/mol. The number of nitro groups is 1. The molecule has 1 aliphatic heterocycles. The zero-order chi connectivity index (χ0) is 20.8. The molecular formula is C15H24N6O6S. The van der Waals surface area contributed by atoms with E-state index in [9.17, 15) is 23.1 Å². The Morgan fingerprint density at radius 2 is 2.04 bits per heavy atom. The van der Waals surface area contributed by atoms with Gasteiger partial charge in [0.05, 0.1) is 45.3 Å². The van der Waals surface area contributed by atoms with Crippen LogP contribution in [0.4, 0.5) is 11.5 Å². The fourth-order valence-electron chi connectivity index (χ4n) is 2.89. The predicted molar refractivity (Wildman–Crippen MR) is 101 cm³/mol. The van der Waals surface area contributed by atoms with Crippen LogP contribution in [0.2, 0.25) is 0 Å². The lowest BCUT2D eigenvalue weighted by Gasteiger charge is -2.38. The van der Waals surface area contributed by atoms with Crippen LogP contribution in [0.15, 0.2) is 24.4 Å². The topological polar surface area (TPSA) is 151 Å². The molecular weight excluding hydrogens is 392 g/mol. The normalized spacial score (nSPS) is 16.2. The van der Waals surface area contributed by atoms with Crippen molar-refractivity contribution in [3.63, 3.8) is 0 Å². The van der Waals surface area contributed by atoms with Crippen molar-refractivity contribution in [1.82, 2.24) is 14.9 Å². The van der Waals surface area contributed by atoms with E-state index >= 15 is 0 Å². The molecule has 1 aliphatic rings. The minimum Gasteiger partial charge on any atom is -0.726 e. The number of hydrogen-bond donors (Lipinski definition) is 2. The highest BCUT2D eigenvalue weighted by molar-refractivity contribution is 7.80. The van der Waals surface area contributed by atoms with Gasteiger partial charge in [-0.1, -0.05) is 6.07 Å². The average molecular weight is 416 g/mol. The summed E-state index contributed by atoms with van der Waals surface area (Å²) in [6.45, 7) is 5.79. The third-order valence-electron chi connectivity index (χ3n) is 4.50. The Bertz CT molecular complexity index is 909. The van der Waals surface area contributed by atoms with Crippen LogP contribution in [0.3, 0.4) is 0 Å². The van der Waals surface area contributed by atoms with Crippen LogP contribution >= 0.6 is 0 Å². The first kappa shape index (κ1) is 22.0. The van der Waals surface area contributed by atoms with Crippen LogP contribution in [-0.4, -0.2) is 85.4 Å². The summed E-state index contributed by atoms with van der Waals surface area (Å²) in [5.74, 6) is 0.345. The average Bonchev–Trinajstić information content (AvgIpc) is 3.00. The van der Waals surface area contributed by atoms with E-state index in [0.29, 0.717) is 17.9 Å². The third kappa shape index (κ3) is 6.10. The second kappa shape index (κ2) is 9.25. The van der Waals surface area contributed by atoms with Gasteiger partial charge in [-0.3, -0.25) is 14.3 Å². The van der Waals surface area contributed by atoms with Gasteiger partial charge in [0.2, 0.25) is 16.2 Å². The van der Waals surface area contributed by atoms with Crippen molar-refractivity contribution in [3.8, 4) is 0 Å². The standard InChI is InChI=1S/C14H21N6O2.CH4O4S/c1-20(9-5-15-6-10-20)11-7-16-14-13(19(21)22)12-4-2-3-8-18(12)17-14;1-5-6(2,3)4/h2-4,8,15H,5-7,9-11H2,1H3,(H,16,17);1H3,(H,2,3,4)/q+1;/p-1. The third-order valence-corrected chi connectivity index (χ3v) is 4.91. The number of anilines is 1. The smallest absolute Gasteiger partial charge is 0.338 e. The number of rotatable bonds is 6. The highest BCUT2D eigenvalue weighted by Crippen LogP contribution is 2.28. The highest BCUT2D eigenvalue weighted by atomic mass is 32.3. The summed E-state index contributed by atoms with van der Waals surface area (Å²) in [5, 5.41) is 22.1. The molecule has 0 aliphatic carbocycles. The highest BCUT2D eigenvalue weighted by Gasteiger charge is 2.26. The molecule has 0 saturated carbocycles. The van der Waals surface area contributed by atoms with Crippen LogP contribution in [0.25, 0.3) is 5.52 Å². The largest absolute Gasteiger partial charge is 0.726 e. The molecule has 3 rings (SSSR count).